The minimum atomic E-state index is -0.910. The Bertz CT molecular complexity index is 1090. The number of carbonyl (C=O) groups is 3. The van der Waals surface area contributed by atoms with E-state index in [1.54, 1.807) is 24.3 Å². The van der Waals surface area contributed by atoms with Crippen molar-refractivity contribution in [2.24, 2.45) is 0 Å². The van der Waals surface area contributed by atoms with Crippen molar-refractivity contribution in [2.75, 3.05) is 6.54 Å². The molecule has 0 bridgehead atoms. The predicted octanol–water partition coefficient (Wildman–Crippen LogP) is 3.56. The molecule has 31 heavy (non-hydrogen) atoms. The van der Waals surface area contributed by atoms with Gasteiger partial charge in [-0.1, -0.05) is 66.7 Å². The van der Waals surface area contributed by atoms with Crippen molar-refractivity contribution in [1.29, 1.82) is 0 Å². The number of aryl methyl sites for hydroxylation is 1. The number of fused-ring (bicyclic) bond motifs is 1. The molecule has 1 N–H and O–H groups in total. The van der Waals surface area contributed by atoms with E-state index in [9.17, 15) is 14.4 Å². The SMILES string of the molecule is Cc1ccccc1CCNC(=O)[C@H](Cc1ccccc1)N1C(=O)c2ccccc2C1=O. The minimum Gasteiger partial charge on any atom is -0.354 e. The van der Waals surface area contributed by atoms with Crippen LogP contribution in [0, 0.1) is 6.92 Å². The third-order valence-electron chi connectivity index (χ3n) is 5.67. The third-order valence-corrected chi connectivity index (χ3v) is 5.67. The quantitative estimate of drug-likeness (QED) is 0.604. The van der Waals surface area contributed by atoms with Crippen LogP contribution in [0.4, 0.5) is 0 Å². The van der Waals surface area contributed by atoms with E-state index in [0.29, 0.717) is 24.1 Å². The van der Waals surface area contributed by atoms with Gasteiger partial charge in [0.1, 0.15) is 6.04 Å². The van der Waals surface area contributed by atoms with E-state index in [0.717, 1.165) is 21.6 Å². The zero-order chi connectivity index (χ0) is 21.8. The normalized spacial score (nSPS) is 13.8. The molecule has 1 heterocycles. The largest absolute Gasteiger partial charge is 0.354 e. The van der Waals surface area contributed by atoms with Crippen molar-refractivity contribution >= 4 is 17.7 Å². The molecule has 1 aliphatic rings. The Morgan fingerprint density at radius 1 is 0.839 bits per heavy atom. The highest BCUT2D eigenvalue weighted by molar-refractivity contribution is 6.22. The van der Waals surface area contributed by atoms with E-state index < -0.39 is 17.9 Å². The maximum Gasteiger partial charge on any atom is 0.262 e. The molecule has 0 fully saturated rings. The molecule has 5 heteroatoms. The summed E-state index contributed by atoms with van der Waals surface area (Å²) >= 11 is 0. The van der Waals surface area contributed by atoms with E-state index in [1.165, 1.54) is 0 Å². The summed E-state index contributed by atoms with van der Waals surface area (Å²) in [6.07, 6.45) is 0.946. The molecule has 5 nitrogen and oxygen atoms in total. The van der Waals surface area contributed by atoms with Crippen molar-refractivity contribution in [3.63, 3.8) is 0 Å². The van der Waals surface area contributed by atoms with Gasteiger partial charge in [0.05, 0.1) is 11.1 Å². The molecule has 0 saturated carbocycles. The molecule has 156 valence electrons. The van der Waals surface area contributed by atoms with E-state index in [-0.39, 0.29) is 12.3 Å². The lowest BCUT2D eigenvalue weighted by Crippen LogP contribution is -2.51. The highest BCUT2D eigenvalue weighted by Crippen LogP contribution is 2.26. The molecular formula is C26H24N2O3. The first-order valence-electron chi connectivity index (χ1n) is 10.4. The van der Waals surface area contributed by atoms with Crippen molar-refractivity contribution < 1.29 is 14.4 Å². The van der Waals surface area contributed by atoms with Crippen LogP contribution in [-0.2, 0) is 17.6 Å². The summed E-state index contributed by atoms with van der Waals surface area (Å²) in [6, 6.07) is 23.3. The summed E-state index contributed by atoms with van der Waals surface area (Å²) in [7, 11) is 0. The third kappa shape index (κ3) is 4.26. The number of carbonyl (C=O) groups excluding carboxylic acids is 3. The molecule has 4 rings (SSSR count). The van der Waals surface area contributed by atoms with E-state index >= 15 is 0 Å². The van der Waals surface area contributed by atoms with E-state index in [2.05, 4.69) is 5.32 Å². The van der Waals surface area contributed by atoms with Crippen LogP contribution >= 0.6 is 0 Å². The second-order valence-corrected chi connectivity index (χ2v) is 7.70. The van der Waals surface area contributed by atoms with Crippen molar-refractivity contribution in [3.8, 4) is 0 Å². The van der Waals surface area contributed by atoms with Crippen LogP contribution in [0.3, 0.4) is 0 Å². The van der Waals surface area contributed by atoms with Crippen LogP contribution in [0.15, 0.2) is 78.9 Å². The van der Waals surface area contributed by atoms with Gasteiger partial charge in [-0.3, -0.25) is 19.3 Å². The van der Waals surface area contributed by atoms with Gasteiger partial charge >= 0.3 is 0 Å². The average Bonchev–Trinajstić information content (AvgIpc) is 3.04. The topological polar surface area (TPSA) is 66.5 Å². The molecule has 3 amide bonds. The van der Waals surface area contributed by atoms with Crippen LogP contribution < -0.4 is 5.32 Å². The Balaban J connectivity index is 1.55. The molecule has 0 aromatic heterocycles. The maximum absolute atomic E-state index is 13.2. The van der Waals surface area contributed by atoms with E-state index in [1.807, 2.05) is 61.5 Å². The highest BCUT2D eigenvalue weighted by atomic mass is 16.2. The smallest absolute Gasteiger partial charge is 0.262 e. The fourth-order valence-electron chi connectivity index (χ4n) is 3.96. The van der Waals surface area contributed by atoms with Crippen LogP contribution in [0.5, 0.6) is 0 Å². The monoisotopic (exact) mass is 412 g/mol. The summed E-state index contributed by atoms with van der Waals surface area (Å²) in [5, 5.41) is 2.94. The molecule has 3 aromatic rings. The van der Waals surface area contributed by atoms with Gasteiger partial charge < -0.3 is 5.32 Å². The maximum atomic E-state index is 13.2. The Morgan fingerprint density at radius 2 is 1.42 bits per heavy atom. The molecule has 0 unspecified atom stereocenters. The lowest BCUT2D eigenvalue weighted by molar-refractivity contribution is -0.125. The fourth-order valence-corrected chi connectivity index (χ4v) is 3.96. The minimum absolute atomic E-state index is 0.266. The molecule has 1 atom stereocenters. The molecule has 0 spiro atoms. The van der Waals surface area contributed by atoms with Crippen LogP contribution in [0.2, 0.25) is 0 Å². The van der Waals surface area contributed by atoms with Gasteiger partial charge in [-0.25, -0.2) is 0 Å². The summed E-state index contributed by atoms with van der Waals surface area (Å²) in [5.41, 5.74) is 3.90. The van der Waals surface area contributed by atoms with Crippen molar-refractivity contribution in [1.82, 2.24) is 10.2 Å². The molecule has 0 radical (unpaired) electrons. The van der Waals surface area contributed by atoms with Gasteiger partial charge in [-0.2, -0.15) is 0 Å². The number of hydrogen-bond donors (Lipinski definition) is 1. The molecule has 0 aliphatic carbocycles. The van der Waals surface area contributed by atoms with E-state index in [4.69, 9.17) is 0 Å². The first kappa shape index (κ1) is 20.5. The lowest BCUT2D eigenvalue weighted by Gasteiger charge is -2.25. The van der Waals surface area contributed by atoms with Crippen molar-refractivity contribution in [3.05, 3.63) is 107 Å². The molecule has 1 aliphatic heterocycles. The second kappa shape index (κ2) is 8.96. The Kier molecular flexibility index (Phi) is 5.94. The summed E-state index contributed by atoms with van der Waals surface area (Å²) in [4.78, 5) is 40.3. The number of benzene rings is 3. The predicted molar refractivity (Wildman–Crippen MR) is 119 cm³/mol. The number of rotatable bonds is 7. The number of nitrogens with zero attached hydrogens (tertiary/aromatic N) is 1. The summed E-state index contributed by atoms with van der Waals surface area (Å²) < 4.78 is 0. The van der Waals surface area contributed by atoms with Gasteiger partial charge in [-0.05, 0) is 42.2 Å². The summed E-state index contributed by atoms with van der Waals surface area (Å²) in [5.74, 6) is -1.17. The molecular weight excluding hydrogens is 388 g/mol. The Hall–Kier alpha value is -3.73. The average molecular weight is 412 g/mol. The molecule has 3 aromatic carbocycles. The number of hydrogen-bond acceptors (Lipinski definition) is 3. The second-order valence-electron chi connectivity index (χ2n) is 7.70. The Morgan fingerprint density at radius 3 is 2.06 bits per heavy atom. The first-order valence-corrected chi connectivity index (χ1v) is 10.4. The van der Waals surface area contributed by atoms with Gasteiger partial charge in [-0.15, -0.1) is 0 Å². The number of nitrogens with one attached hydrogen (secondary N) is 1. The highest BCUT2D eigenvalue weighted by Gasteiger charge is 2.42. The zero-order valence-corrected chi connectivity index (χ0v) is 17.4. The van der Waals surface area contributed by atoms with Crippen LogP contribution in [0.1, 0.15) is 37.4 Å². The lowest BCUT2D eigenvalue weighted by atomic mass is 10.0. The van der Waals surface area contributed by atoms with Crippen LogP contribution in [0.25, 0.3) is 0 Å². The van der Waals surface area contributed by atoms with Crippen molar-refractivity contribution in [2.45, 2.75) is 25.8 Å². The fraction of sp³-hybridized carbons (Fsp3) is 0.192. The Labute approximate surface area is 181 Å². The summed E-state index contributed by atoms with van der Waals surface area (Å²) in [6.45, 7) is 2.46. The standard InChI is InChI=1S/C26H24N2O3/c1-18-9-5-6-12-20(18)15-16-27-24(29)23(17-19-10-3-2-4-11-19)28-25(30)21-13-7-8-14-22(21)26(28)31/h2-14,23H,15-17H2,1H3,(H,27,29)/t23-/m0/s1. The zero-order valence-electron chi connectivity index (χ0n) is 17.4. The van der Waals surface area contributed by atoms with Gasteiger partial charge in [0, 0.05) is 13.0 Å². The molecule has 0 saturated heterocycles. The number of amides is 3. The van der Waals surface area contributed by atoms with Crippen LogP contribution in [-0.4, -0.2) is 35.2 Å². The van der Waals surface area contributed by atoms with Gasteiger partial charge in [0.15, 0.2) is 0 Å². The van der Waals surface area contributed by atoms with Gasteiger partial charge in [0.25, 0.3) is 11.8 Å². The number of imide groups is 1. The first-order chi connectivity index (χ1) is 15.1. The van der Waals surface area contributed by atoms with Gasteiger partial charge in [0.2, 0.25) is 5.91 Å².